The third-order valence-electron chi connectivity index (χ3n) is 3.26. The van der Waals surface area contributed by atoms with Gasteiger partial charge in [-0.2, -0.15) is 0 Å². The molecule has 4 nitrogen and oxygen atoms in total. The highest BCUT2D eigenvalue weighted by atomic mass is 35.5. The summed E-state index contributed by atoms with van der Waals surface area (Å²) in [6, 6.07) is 7.77. The molecular formula is C13H18ClN3O. The lowest BCUT2D eigenvalue weighted by molar-refractivity contribution is -0.121. The van der Waals surface area contributed by atoms with Gasteiger partial charge in [-0.25, -0.2) is 0 Å². The normalized spacial score (nSPS) is 21.4. The minimum absolute atomic E-state index is 0.118. The van der Waals surface area contributed by atoms with E-state index in [0.29, 0.717) is 24.2 Å². The van der Waals surface area contributed by atoms with Crippen molar-refractivity contribution in [2.75, 3.05) is 38.6 Å². The molecular weight excluding hydrogens is 250 g/mol. The maximum absolute atomic E-state index is 12.1. The summed E-state index contributed by atoms with van der Waals surface area (Å²) in [5.74, 6) is 0.118. The molecule has 1 saturated heterocycles. The highest BCUT2D eigenvalue weighted by Gasteiger charge is 2.30. The maximum atomic E-state index is 12.1. The average molecular weight is 268 g/mol. The number of hydrogen-bond acceptors (Lipinski definition) is 3. The van der Waals surface area contributed by atoms with Crippen LogP contribution in [0.15, 0.2) is 24.3 Å². The summed E-state index contributed by atoms with van der Waals surface area (Å²) in [4.78, 5) is 16.0. The topological polar surface area (TPSA) is 35.6 Å². The van der Waals surface area contributed by atoms with Crippen LogP contribution in [0.3, 0.4) is 0 Å². The first-order valence-corrected chi connectivity index (χ1v) is 6.40. The first kappa shape index (κ1) is 13.3. The third kappa shape index (κ3) is 2.83. The second-order valence-electron chi connectivity index (χ2n) is 4.61. The summed E-state index contributed by atoms with van der Waals surface area (Å²) in [6.07, 6.45) is 0. The van der Waals surface area contributed by atoms with Crippen LogP contribution in [0.2, 0.25) is 5.02 Å². The number of likely N-dealkylation sites (N-methyl/N-ethyl adjacent to an activating group) is 2. The van der Waals surface area contributed by atoms with E-state index in [9.17, 15) is 4.79 Å². The molecule has 1 aromatic rings. The molecule has 1 amide bonds. The van der Waals surface area contributed by atoms with Crippen LogP contribution in [0.25, 0.3) is 0 Å². The van der Waals surface area contributed by atoms with Crippen LogP contribution in [0.5, 0.6) is 0 Å². The molecule has 1 N–H and O–H groups in total. The van der Waals surface area contributed by atoms with Gasteiger partial charge in [0.25, 0.3) is 0 Å². The van der Waals surface area contributed by atoms with E-state index < -0.39 is 0 Å². The van der Waals surface area contributed by atoms with E-state index in [1.54, 1.807) is 0 Å². The van der Waals surface area contributed by atoms with Crippen molar-refractivity contribution in [3.8, 4) is 0 Å². The molecule has 0 aliphatic carbocycles. The van der Waals surface area contributed by atoms with E-state index in [2.05, 4.69) is 10.2 Å². The Morgan fingerprint density at radius 1 is 1.50 bits per heavy atom. The number of hydrogen-bond donors (Lipinski definition) is 1. The largest absolute Gasteiger partial charge is 0.318 e. The Labute approximate surface area is 113 Å². The quantitative estimate of drug-likeness (QED) is 0.894. The number of amides is 1. The zero-order chi connectivity index (χ0) is 13.1. The number of halogens is 1. The zero-order valence-corrected chi connectivity index (χ0v) is 11.4. The molecule has 98 valence electrons. The first-order valence-electron chi connectivity index (χ1n) is 6.02. The summed E-state index contributed by atoms with van der Waals surface area (Å²) >= 11 is 5.98. The van der Waals surface area contributed by atoms with Crippen LogP contribution >= 0.6 is 11.6 Å². The van der Waals surface area contributed by atoms with Crippen molar-refractivity contribution >= 4 is 23.2 Å². The molecule has 0 aromatic heterocycles. The summed E-state index contributed by atoms with van der Waals surface area (Å²) in [5.41, 5.74) is 0.877. The van der Waals surface area contributed by atoms with E-state index in [-0.39, 0.29) is 5.91 Å². The van der Waals surface area contributed by atoms with Crippen molar-refractivity contribution < 1.29 is 4.79 Å². The van der Waals surface area contributed by atoms with Gasteiger partial charge in [0.1, 0.15) is 0 Å². The minimum Gasteiger partial charge on any atom is -0.318 e. The summed E-state index contributed by atoms with van der Waals surface area (Å²) in [5, 5.41) is 3.82. The van der Waals surface area contributed by atoms with Crippen molar-refractivity contribution in [1.82, 2.24) is 10.2 Å². The molecule has 1 aromatic carbocycles. The van der Waals surface area contributed by atoms with E-state index in [1.807, 2.05) is 43.3 Å². The Balaban J connectivity index is 2.19. The number of carbonyl (C=O) groups excluding carboxylic acids is 1. The lowest BCUT2D eigenvalue weighted by Crippen LogP contribution is -2.57. The number of piperazine rings is 1. The summed E-state index contributed by atoms with van der Waals surface area (Å²) in [7, 11) is 3.91. The Kier molecular flexibility index (Phi) is 4.22. The monoisotopic (exact) mass is 267 g/mol. The molecule has 0 radical (unpaired) electrons. The molecule has 1 unspecified atom stereocenters. The molecule has 0 bridgehead atoms. The van der Waals surface area contributed by atoms with Gasteiger partial charge in [-0.15, -0.1) is 0 Å². The van der Waals surface area contributed by atoms with Crippen LogP contribution in [0, 0.1) is 0 Å². The molecule has 1 aliphatic heterocycles. The van der Waals surface area contributed by atoms with E-state index >= 15 is 0 Å². The van der Waals surface area contributed by atoms with Crippen molar-refractivity contribution in [2.24, 2.45) is 0 Å². The smallest absolute Gasteiger partial charge is 0.241 e. The number of carbonyl (C=O) groups is 1. The van der Waals surface area contributed by atoms with Crippen LogP contribution in [-0.4, -0.2) is 50.6 Å². The van der Waals surface area contributed by atoms with Crippen LogP contribution in [0.1, 0.15) is 0 Å². The number of anilines is 1. The van der Waals surface area contributed by atoms with Gasteiger partial charge >= 0.3 is 0 Å². The predicted molar refractivity (Wildman–Crippen MR) is 74.1 cm³/mol. The van der Waals surface area contributed by atoms with Gasteiger partial charge in [0.2, 0.25) is 5.91 Å². The van der Waals surface area contributed by atoms with Crippen molar-refractivity contribution in [1.29, 1.82) is 0 Å². The maximum Gasteiger partial charge on any atom is 0.241 e. The molecule has 18 heavy (non-hydrogen) atoms. The summed E-state index contributed by atoms with van der Waals surface area (Å²) in [6.45, 7) is 2.00. The molecule has 0 saturated carbocycles. The Bertz CT molecular complexity index is 438. The Morgan fingerprint density at radius 2 is 2.28 bits per heavy atom. The number of nitrogens with zero attached hydrogens (tertiary/aromatic N) is 2. The summed E-state index contributed by atoms with van der Waals surface area (Å²) < 4.78 is 0. The van der Waals surface area contributed by atoms with E-state index in [0.717, 1.165) is 12.2 Å². The second kappa shape index (κ2) is 5.69. The average Bonchev–Trinajstić information content (AvgIpc) is 2.33. The lowest BCUT2D eigenvalue weighted by atomic mass is 10.1. The Hall–Kier alpha value is -1.10. The van der Waals surface area contributed by atoms with E-state index in [4.69, 9.17) is 11.6 Å². The third-order valence-corrected chi connectivity index (χ3v) is 3.50. The molecule has 5 heteroatoms. The minimum atomic E-state index is 0.118. The number of nitrogens with one attached hydrogen (secondary N) is 1. The van der Waals surface area contributed by atoms with Crippen molar-refractivity contribution in [2.45, 2.75) is 6.04 Å². The van der Waals surface area contributed by atoms with Crippen LogP contribution < -0.4 is 10.2 Å². The second-order valence-corrected chi connectivity index (χ2v) is 5.05. The van der Waals surface area contributed by atoms with Gasteiger partial charge in [0.15, 0.2) is 0 Å². The molecule has 1 fully saturated rings. The fraction of sp³-hybridized carbons (Fsp3) is 0.462. The van der Waals surface area contributed by atoms with Crippen molar-refractivity contribution in [3.63, 3.8) is 0 Å². The van der Waals surface area contributed by atoms with Crippen molar-refractivity contribution in [3.05, 3.63) is 29.3 Å². The Morgan fingerprint density at radius 3 is 2.94 bits per heavy atom. The number of benzene rings is 1. The molecule has 1 aliphatic rings. The van der Waals surface area contributed by atoms with Crippen LogP contribution in [0.4, 0.5) is 5.69 Å². The highest BCUT2D eigenvalue weighted by Crippen LogP contribution is 2.22. The fourth-order valence-electron chi connectivity index (χ4n) is 2.23. The molecule has 0 spiro atoms. The van der Waals surface area contributed by atoms with Gasteiger partial charge < -0.3 is 10.2 Å². The van der Waals surface area contributed by atoms with Gasteiger partial charge in [0, 0.05) is 29.8 Å². The predicted octanol–water partition coefficient (Wildman–Crippen LogP) is 1.21. The lowest BCUT2D eigenvalue weighted by Gasteiger charge is -2.39. The first-order chi connectivity index (χ1) is 8.61. The fourth-order valence-corrected chi connectivity index (χ4v) is 2.41. The molecule has 1 atom stereocenters. The van der Waals surface area contributed by atoms with Gasteiger partial charge in [-0.1, -0.05) is 17.7 Å². The van der Waals surface area contributed by atoms with Gasteiger partial charge in [-0.05, 0) is 32.3 Å². The van der Waals surface area contributed by atoms with E-state index in [1.165, 1.54) is 0 Å². The van der Waals surface area contributed by atoms with Gasteiger partial charge in [-0.3, -0.25) is 9.69 Å². The number of rotatable bonds is 3. The zero-order valence-electron chi connectivity index (χ0n) is 10.7. The standard InChI is InChI=1S/C13H18ClN3O/c1-15-7-12-8-17(13(18)9-16(12)2)11-5-3-4-10(14)6-11/h3-6,12,15H,7-9H2,1-2H3. The SMILES string of the molecule is CNCC1CN(c2cccc(Cl)c2)C(=O)CN1C. The van der Waals surface area contributed by atoms with Crippen LogP contribution in [-0.2, 0) is 4.79 Å². The van der Waals surface area contributed by atoms with Gasteiger partial charge in [0.05, 0.1) is 6.54 Å². The molecule has 2 rings (SSSR count). The molecule has 1 heterocycles. The highest BCUT2D eigenvalue weighted by molar-refractivity contribution is 6.30.